The number of nitrogens with one attached hydrogen (secondary N) is 1. The number of hydrogen-bond donors (Lipinski definition) is 2. The van der Waals surface area contributed by atoms with Crippen molar-refractivity contribution in [1.82, 2.24) is 9.88 Å². The Balaban J connectivity index is 1.67. The monoisotopic (exact) mass is 460 g/mol. The van der Waals surface area contributed by atoms with Crippen LogP contribution in [-0.4, -0.2) is 39.8 Å². The third kappa shape index (κ3) is 4.88. The van der Waals surface area contributed by atoms with Crippen LogP contribution in [0, 0.1) is 6.92 Å². The molecule has 0 bridgehead atoms. The van der Waals surface area contributed by atoms with Crippen molar-refractivity contribution in [3.8, 4) is 5.75 Å². The van der Waals surface area contributed by atoms with E-state index in [1.54, 1.807) is 29.2 Å². The molecule has 176 valence electrons. The number of aromatic nitrogens is 2. The van der Waals surface area contributed by atoms with E-state index in [-0.39, 0.29) is 11.3 Å². The summed E-state index contributed by atoms with van der Waals surface area (Å²) in [5.74, 6) is -0.734. The van der Waals surface area contributed by atoms with Crippen LogP contribution in [0.3, 0.4) is 0 Å². The van der Waals surface area contributed by atoms with Crippen molar-refractivity contribution in [3.63, 3.8) is 0 Å². The highest BCUT2D eigenvalue weighted by Gasteiger charge is 2.45. The molecule has 1 amide bonds. The molecule has 2 aromatic carbocycles. The van der Waals surface area contributed by atoms with Gasteiger partial charge in [0.15, 0.2) is 0 Å². The van der Waals surface area contributed by atoms with E-state index in [0.29, 0.717) is 37.4 Å². The third-order valence-electron chi connectivity index (χ3n) is 5.95. The molecule has 2 N–H and O–H groups in total. The molecule has 1 fully saturated rings. The lowest BCUT2D eigenvalue weighted by Gasteiger charge is -2.25. The molecule has 0 saturated carbocycles. The second-order valence-corrected chi connectivity index (χ2v) is 8.48. The van der Waals surface area contributed by atoms with Gasteiger partial charge in [0.05, 0.1) is 24.8 Å². The molecule has 7 nitrogen and oxygen atoms in total. The molecule has 7 heteroatoms. The summed E-state index contributed by atoms with van der Waals surface area (Å²) in [4.78, 5) is 30.8. The molecule has 0 spiro atoms. The maximum Gasteiger partial charge on any atom is 0.295 e. The van der Waals surface area contributed by atoms with Crippen LogP contribution < -0.4 is 9.30 Å². The van der Waals surface area contributed by atoms with Crippen LogP contribution >= 0.6 is 0 Å². The predicted octanol–water partition coefficient (Wildman–Crippen LogP) is 3.91. The van der Waals surface area contributed by atoms with Crippen molar-refractivity contribution in [3.05, 3.63) is 89.5 Å². The van der Waals surface area contributed by atoms with E-state index in [1.807, 2.05) is 61.4 Å². The largest absolute Gasteiger partial charge is 0.507 e. The standard InChI is InChI=1S/C27H29N3O4/c1-3-17-34-22-11-9-21(10-12-22)25(31)23-24(20-7-5-19(2)6-8-20)30(27(33)26(23)32)15-4-14-29-16-13-28-18-29/h5-13,16,18,24H,3-4,14-15,17H2,1-2H3,(H,31,32)/p+1. The number of carbonyl (C=O) groups is 2. The van der Waals surface area contributed by atoms with Crippen LogP contribution in [0.2, 0.25) is 0 Å². The van der Waals surface area contributed by atoms with Crippen LogP contribution in [0.4, 0.5) is 0 Å². The van der Waals surface area contributed by atoms with Crippen molar-refractivity contribution < 1.29 is 24.0 Å². The Morgan fingerprint density at radius 3 is 2.50 bits per heavy atom. The number of likely N-dealkylation sites (tertiary alicyclic amines) is 1. The Kier molecular flexibility index (Phi) is 7.11. The SMILES string of the molecule is CCCOc1ccc(C(O)=C2C(=O)C(=O)N(CCC[n+]3cc[nH]c3)C2c2ccc(C)cc2)cc1. The quantitative estimate of drug-likeness (QED) is 0.219. The van der Waals surface area contributed by atoms with Gasteiger partial charge in [0.2, 0.25) is 6.33 Å². The number of nitrogens with zero attached hydrogens (tertiary/aromatic N) is 2. The molecule has 2 heterocycles. The Bertz CT molecular complexity index is 1170. The van der Waals surface area contributed by atoms with E-state index in [1.165, 1.54) is 0 Å². The Hall–Kier alpha value is -3.87. The van der Waals surface area contributed by atoms with Crippen LogP contribution in [-0.2, 0) is 16.1 Å². The average molecular weight is 461 g/mol. The predicted molar refractivity (Wildman–Crippen MR) is 128 cm³/mol. The van der Waals surface area contributed by atoms with Gasteiger partial charge in [-0.1, -0.05) is 36.8 Å². The Morgan fingerprint density at radius 1 is 1.12 bits per heavy atom. The molecular formula is C27H30N3O4+. The van der Waals surface area contributed by atoms with Gasteiger partial charge in [0.1, 0.15) is 23.9 Å². The van der Waals surface area contributed by atoms with E-state index in [9.17, 15) is 14.7 Å². The molecule has 1 aliphatic rings. The van der Waals surface area contributed by atoms with E-state index in [4.69, 9.17) is 4.74 Å². The number of ketones is 1. The van der Waals surface area contributed by atoms with E-state index >= 15 is 0 Å². The molecule has 3 aromatic rings. The van der Waals surface area contributed by atoms with Crippen LogP contribution in [0.25, 0.3) is 5.76 Å². The van der Waals surface area contributed by atoms with Gasteiger partial charge in [-0.2, -0.15) is 0 Å². The number of aromatic amines is 1. The number of rotatable bonds is 9. The number of benzene rings is 2. The van der Waals surface area contributed by atoms with Gasteiger partial charge in [-0.25, -0.2) is 4.57 Å². The van der Waals surface area contributed by atoms with Gasteiger partial charge >= 0.3 is 0 Å². The molecule has 1 unspecified atom stereocenters. The summed E-state index contributed by atoms with van der Waals surface area (Å²) in [6.07, 6.45) is 7.15. The smallest absolute Gasteiger partial charge is 0.295 e. The molecule has 1 aliphatic heterocycles. The first kappa shape index (κ1) is 23.3. The molecular weight excluding hydrogens is 430 g/mol. The lowest BCUT2D eigenvalue weighted by molar-refractivity contribution is -0.695. The second-order valence-electron chi connectivity index (χ2n) is 8.48. The fourth-order valence-corrected chi connectivity index (χ4v) is 4.17. The normalized spacial score (nSPS) is 17.4. The van der Waals surface area contributed by atoms with Crippen LogP contribution in [0.5, 0.6) is 5.75 Å². The fraction of sp³-hybridized carbons (Fsp3) is 0.296. The second kappa shape index (κ2) is 10.4. The molecule has 0 radical (unpaired) electrons. The number of ether oxygens (including phenoxy) is 1. The van der Waals surface area contributed by atoms with Gasteiger partial charge in [-0.3, -0.25) is 14.6 Å². The van der Waals surface area contributed by atoms with Crippen LogP contribution in [0.1, 0.15) is 42.5 Å². The fourth-order valence-electron chi connectivity index (χ4n) is 4.17. The number of amides is 1. The summed E-state index contributed by atoms with van der Waals surface area (Å²) in [6.45, 7) is 5.71. The van der Waals surface area contributed by atoms with Gasteiger partial charge in [0, 0.05) is 18.5 Å². The Morgan fingerprint density at radius 2 is 1.85 bits per heavy atom. The number of aryl methyl sites for hydroxylation is 2. The molecule has 34 heavy (non-hydrogen) atoms. The molecule has 1 atom stereocenters. The number of aliphatic hydroxyl groups excluding tert-OH is 1. The van der Waals surface area contributed by atoms with Crippen molar-refractivity contribution >= 4 is 17.4 Å². The zero-order valence-corrected chi connectivity index (χ0v) is 19.5. The number of imidazole rings is 1. The molecule has 1 aromatic heterocycles. The average Bonchev–Trinajstić information content (AvgIpc) is 3.45. The minimum atomic E-state index is -0.663. The van der Waals surface area contributed by atoms with E-state index < -0.39 is 17.7 Å². The highest BCUT2D eigenvalue weighted by molar-refractivity contribution is 6.46. The number of Topliss-reactive ketones (excluding diaryl/α,β-unsaturated/α-hetero) is 1. The zero-order valence-electron chi connectivity index (χ0n) is 19.5. The maximum atomic E-state index is 13.1. The zero-order chi connectivity index (χ0) is 24.1. The third-order valence-corrected chi connectivity index (χ3v) is 5.95. The minimum Gasteiger partial charge on any atom is -0.507 e. The van der Waals surface area contributed by atoms with Gasteiger partial charge in [-0.05, 0) is 43.2 Å². The minimum absolute atomic E-state index is 0.116. The lowest BCUT2D eigenvalue weighted by Crippen LogP contribution is -2.36. The summed E-state index contributed by atoms with van der Waals surface area (Å²) in [6, 6.07) is 14.0. The van der Waals surface area contributed by atoms with Crippen LogP contribution in [0.15, 0.2) is 72.8 Å². The topological polar surface area (TPSA) is 86.5 Å². The number of hydrogen-bond acceptors (Lipinski definition) is 4. The molecule has 1 saturated heterocycles. The summed E-state index contributed by atoms with van der Waals surface area (Å²) in [7, 11) is 0. The van der Waals surface area contributed by atoms with Crippen molar-refractivity contribution in [2.45, 2.75) is 39.3 Å². The van der Waals surface area contributed by atoms with Crippen molar-refractivity contribution in [2.24, 2.45) is 0 Å². The Labute approximate surface area is 199 Å². The first-order chi connectivity index (χ1) is 16.5. The number of carbonyl (C=O) groups excluding carboxylic acids is 2. The number of H-pyrrole nitrogens is 1. The van der Waals surface area contributed by atoms with E-state index in [2.05, 4.69) is 4.98 Å². The van der Waals surface area contributed by atoms with Gasteiger partial charge in [0.25, 0.3) is 11.7 Å². The highest BCUT2D eigenvalue weighted by Crippen LogP contribution is 2.39. The first-order valence-electron chi connectivity index (χ1n) is 11.6. The molecule has 4 rings (SSSR count). The molecule has 0 aliphatic carbocycles. The summed E-state index contributed by atoms with van der Waals surface area (Å²) in [5, 5.41) is 11.2. The van der Waals surface area contributed by atoms with Gasteiger partial charge in [-0.15, -0.1) is 0 Å². The highest BCUT2D eigenvalue weighted by atomic mass is 16.5. The summed E-state index contributed by atoms with van der Waals surface area (Å²) >= 11 is 0. The maximum absolute atomic E-state index is 13.1. The summed E-state index contributed by atoms with van der Waals surface area (Å²) < 4.78 is 7.60. The summed E-state index contributed by atoms with van der Waals surface area (Å²) in [5.41, 5.74) is 2.46. The van der Waals surface area contributed by atoms with Crippen molar-refractivity contribution in [2.75, 3.05) is 13.2 Å². The van der Waals surface area contributed by atoms with Crippen molar-refractivity contribution in [1.29, 1.82) is 0 Å². The lowest BCUT2D eigenvalue weighted by atomic mass is 9.94. The van der Waals surface area contributed by atoms with E-state index in [0.717, 1.165) is 17.5 Å². The van der Waals surface area contributed by atoms with Gasteiger partial charge < -0.3 is 14.7 Å². The number of aliphatic hydroxyl groups is 1. The first-order valence-corrected chi connectivity index (χ1v) is 11.6.